The molecule has 0 atom stereocenters. The summed E-state index contributed by atoms with van der Waals surface area (Å²) in [5.41, 5.74) is 5.00. The van der Waals surface area contributed by atoms with Crippen molar-refractivity contribution >= 4 is 23.0 Å². The molecule has 27 heavy (non-hydrogen) atoms. The highest BCUT2D eigenvalue weighted by atomic mass is 16.5. The second-order valence-corrected chi connectivity index (χ2v) is 6.17. The number of carbonyl (C=O) groups is 1. The van der Waals surface area contributed by atoms with Gasteiger partial charge in [0.2, 0.25) is 0 Å². The van der Waals surface area contributed by atoms with Gasteiger partial charge >= 0.3 is 0 Å². The van der Waals surface area contributed by atoms with Crippen molar-refractivity contribution in [3.05, 3.63) is 77.6 Å². The fourth-order valence-electron chi connectivity index (χ4n) is 2.89. The van der Waals surface area contributed by atoms with E-state index in [1.165, 1.54) is 0 Å². The van der Waals surface area contributed by atoms with E-state index in [9.17, 15) is 4.79 Å². The highest BCUT2D eigenvalue weighted by Crippen LogP contribution is 2.27. The molecule has 2 N–H and O–H groups in total. The third kappa shape index (κ3) is 4.26. The van der Waals surface area contributed by atoms with Crippen LogP contribution < -0.4 is 15.4 Å². The summed E-state index contributed by atoms with van der Waals surface area (Å²) in [6.45, 7) is 4.06. The van der Waals surface area contributed by atoms with Crippen molar-refractivity contribution in [2.75, 3.05) is 17.7 Å². The van der Waals surface area contributed by atoms with E-state index < -0.39 is 0 Å². The fraction of sp³-hybridized carbons (Fsp3) is 0.182. The summed E-state index contributed by atoms with van der Waals surface area (Å²) >= 11 is 0. The van der Waals surface area contributed by atoms with E-state index in [0.29, 0.717) is 5.69 Å². The minimum Gasteiger partial charge on any atom is -0.495 e. The van der Waals surface area contributed by atoms with Gasteiger partial charge in [-0.25, -0.2) is 4.98 Å². The molecule has 0 aliphatic heterocycles. The van der Waals surface area contributed by atoms with Crippen LogP contribution in [0.1, 0.15) is 28.5 Å². The lowest BCUT2D eigenvalue weighted by atomic mass is 10.1. The van der Waals surface area contributed by atoms with Crippen molar-refractivity contribution in [3.8, 4) is 5.75 Å². The monoisotopic (exact) mass is 361 g/mol. The number of hydrogen-bond donors (Lipinski definition) is 2. The largest absolute Gasteiger partial charge is 0.495 e. The molecule has 0 spiro atoms. The number of nitrogens with one attached hydrogen (secondary N) is 2. The number of amides is 1. The van der Waals surface area contributed by atoms with Gasteiger partial charge in [0.05, 0.1) is 24.7 Å². The third-order valence-corrected chi connectivity index (χ3v) is 4.36. The van der Waals surface area contributed by atoms with Crippen LogP contribution in [0.5, 0.6) is 5.75 Å². The second-order valence-electron chi connectivity index (χ2n) is 6.17. The lowest BCUT2D eigenvalue weighted by Gasteiger charge is -2.13. The van der Waals surface area contributed by atoms with E-state index in [2.05, 4.69) is 22.5 Å². The van der Waals surface area contributed by atoms with Crippen molar-refractivity contribution < 1.29 is 9.53 Å². The molecule has 2 aromatic carbocycles. The van der Waals surface area contributed by atoms with Gasteiger partial charge in [0.25, 0.3) is 5.91 Å². The number of ether oxygens (including phenoxy) is 1. The van der Waals surface area contributed by atoms with Crippen molar-refractivity contribution in [2.24, 2.45) is 0 Å². The van der Waals surface area contributed by atoms with Crippen LogP contribution in [-0.4, -0.2) is 18.0 Å². The Morgan fingerprint density at radius 1 is 1.07 bits per heavy atom. The van der Waals surface area contributed by atoms with Crippen LogP contribution in [0.3, 0.4) is 0 Å². The number of hydrogen-bond acceptors (Lipinski definition) is 4. The van der Waals surface area contributed by atoms with Gasteiger partial charge < -0.3 is 15.4 Å². The standard InChI is InChI=1S/C22H23N3O2/c1-4-16-9-7-8-15(2)21(16)25-22(26)19-13-12-17(14-23-19)24-18-10-5-6-11-20(18)27-3/h5-14,24H,4H2,1-3H3,(H,25,26). The summed E-state index contributed by atoms with van der Waals surface area (Å²) in [5.74, 6) is 0.522. The van der Waals surface area contributed by atoms with E-state index in [4.69, 9.17) is 4.74 Å². The van der Waals surface area contributed by atoms with Crippen LogP contribution in [0.2, 0.25) is 0 Å². The van der Waals surface area contributed by atoms with Crippen LogP contribution in [-0.2, 0) is 6.42 Å². The lowest BCUT2D eigenvalue weighted by molar-refractivity contribution is 0.102. The highest BCUT2D eigenvalue weighted by molar-refractivity contribution is 6.03. The Hall–Kier alpha value is -3.34. The van der Waals surface area contributed by atoms with Crippen LogP contribution in [0.15, 0.2) is 60.8 Å². The second kappa shape index (κ2) is 8.36. The zero-order valence-electron chi connectivity index (χ0n) is 15.7. The van der Waals surface area contributed by atoms with Gasteiger partial charge in [0, 0.05) is 5.69 Å². The van der Waals surface area contributed by atoms with Gasteiger partial charge in [-0.15, -0.1) is 0 Å². The van der Waals surface area contributed by atoms with Crippen molar-refractivity contribution in [3.63, 3.8) is 0 Å². The summed E-state index contributed by atoms with van der Waals surface area (Å²) in [6, 6.07) is 17.2. The number of anilines is 3. The number of aromatic nitrogens is 1. The number of rotatable bonds is 6. The number of benzene rings is 2. The van der Waals surface area contributed by atoms with E-state index in [-0.39, 0.29) is 5.91 Å². The summed E-state index contributed by atoms with van der Waals surface area (Å²) in [6.07, 6.45) is 2.49. The maximum absolute atomic E-state index is 12.6. The molecule has 0 saturated heterocycles. The molecule has 0 unspecified atom stereocenters. The molecule has 0 aliphatic carbocycles. The number of carbonyl (C=O) groups excluding carboxylic acids is 1. The molecule has 0 aliphatic rings. The van der Waals surface area contributed by atoms with E-state index >= 15 is 0 Å². The third-order valence-electron chi connectivity index (χ3n) is 4.36. The summed E-state index contributed by atoms with van der Waals surface area (Å²) in [4.78, 5) is 16.9. The Bertz CT molecular complexity index is 937. The zero-order valence-corrected chi connectivity index (χ0v) is 15.7. The van der Waals surface area contributed by atoms with Gasteiger partial charge in [-0.05, 0) is 48.7 Å². The first-order valence-electron chi connectivity index (χ1n) is 8.88. The Labute approximate surface area is 159 Å². The Balaban J connectivity index is 1.75. The van der Waals surface area contributed by atoms with Crippen molar-refractivity contribution in [1.82, 2.24) is 4.98 Å². The lowest BCUT2D eigenvalue weighted by Crippen LogP contribution is -2.15. The fourth-order valence-corrected chi connectivity index (χ4v) is 2.89. The van der Waals surface area contributed by atoms with Crippen molar-refractivity contribution in [2.45, 2.75) is 20.3 Å². The normalized spacial score (nSPS) is 10.3. The first kappa shape index (κ1) is 18.5. The molecule has 138 valence electrons. The Kier molecular flexibility index (Phi) is 5.71. The minimum atomic E-state index is -0.220. The molecule has 3 rings (SSSR count). The van der Waals surface area contributed by atoms with Gasteiger partial charge in [0.15, 0.2) is 0 Å². The van der Waals surface area contributed by atoms with E-state index in [1.807, 2.05) is 55.5 Å². The molecule has 1 heterocycles. The molecule has 0 fully saturated rings. The van der Waals surface area contributed by atoms with Crippen LogP contribution in [0.25, 0.3) is 0 Å². The predicted molar refractivity (Wildman–Crippen MR) is 109 cm³/mol. The SMILES string of the molecule is CCc1cccc(C)c1NC(=O)c1ccc(Nc2ccccc2OC)cn1. The van der Waals surface area contributed by atoms with Gasteiger partial charge in [0.1, 0.15) is 11.4 Å². The van der Waals surface area contributed by atoms with Crippen LogP contribution in [0.4, 0.5) is 17.1 Å². The minimum absolute atomic E-state index is 0.220. The average molecular weight is 361 g/mol. The predicted octanol–water partition coefficient (Wildman–Crippen LogP) is 4.96. The first-order valence-corrected chi connectivity index (χ1v) is 8.88. The number of para-hydroxylation sites is 3. The molecule has 5 heteroatoms. The van der Waals surface area contributed by atoms with Crippen LogP contribution >= 0.6 is 0 Å². The molecule has 1 aromatic heterocycles. The van der Waals surface area contributed by atoms with Crippen LogP contribution in [0, 0.1) is 6.92 Å². The molecular weight excluding hydrogens is 338 g/mol. The maximum atomic E-state index is 12.6. The maximum Gasteiger partial charge on any atom is 0.274 e. The zero-order chi connectivity index (χ0) is 19.2. The molecule has 0 saturated carbocycles. The number of methoxy groups -OCH3 is 1. The summed E-state index contributed by atoms with van der Waals surface area (Å²) in [7, 11) is 1.63. The number of aryl methyl sites for hydroxylation is 2. The molecule has 0 bridgehead atoms. The van der Waals surface area contributed by atoms with E-state index in [0.717, 1.165) is 40.4 Å². The molecule has 1 amide bonds. The Morgan fingerprint density at radius 2 is 1.89 bits per heavy atom. The number of pyridine rings is 1. The molecule has 0 radical (unpaired) electrons. The van der Waals surface area contributed by atoms with Gasteiger partial charge in [-0.1, -0.05) is 37.3 Å². The molecule has 5 nitrogen and oxygen atoms in total. The average Bonchev–Trinajstić information content (AvgIpc) is 2.70. The number of nitrogens with zero attached hydrogens (tertiary/aromatic N) is 1. The molecule has 3 aromatic rings. The van der Waals surface area contributed by atoms with E-state index in [1.54, 1.807) is 19.4 Å². The van der Waals surface area contributed by atoms with Gasteiger partial charge in [-0.3, -0.25) is 4.79 Å². The quantitative estimate of drug-likeness (QED) is 0.651. The summed E-state index contributed by atoms with van der Waals surface area (Å²) < 4.78 is 5.33. The Morgan fingerprint density at radius 3 is 2.59 bits per heavy atom. The smallest absolute Gasteiger partial charge is 0.274 e. The topological polar surface area (TPSA) is 63.2 Å². The van der Waals surface area contributed by atoms with Gasteiger partial charge in [-0.2, -0.15) is 0 Å². The first-order chi connectivity index (χ1) is 13.1. The summed E-state index contributed by atoms with van der Waals surface area (Å²) in [5, 5.41) is 6.24. The molecular formula is C22H23N3O2. The highest BCUT2D eigenvalue weighted by Gasteiger charge is 2.12. The van der Waals surface area contributed by atoms with Crippen molar-refractivity contribution in [1.29, 1.82) is 0 Å².